The molecule has 0 fully saturated rings. The normalized spacial score (nSPS) is 12.1. The summed E-state index contributed by atoms with van der Waals surface area (Å²) in [4.78, 5) is 0.554. The molecule has 0 radical (unpaired) electrons. The summed E-state index contributed by atoms with van der Waals surface area (Å²) >= 11 is 5.41. The number of hydrogen-bond donors (Lipinski definition) is 2. The van der Waals surface area contributed by atoms with Crippen LogP contribution < -0.4 is 0 Å². The molecule has 0 heterocycles. The Labute approximate surface area is 101 Å². The Morgan fingerprint density at radius 2 is 1.41 bits per heavy atom. The molecule has 11 heteroatoms. The molecule has 1 rings (SSSR count). The van der Waals surface area contributed by atoms with Crippen LogP contribution in [0.3, 0.4) is 0 Å². The second-order valence-electron chi connectivity index (χ2n) is 2.81. The molecule has 92 valence electrons. The fourth-order valence-corrected chi connectivity index (χ4v) is 2.96. The highest BCUT2D eigenvalue weighted by atomic mass is 35.5. The van der Waals surface area contributed by atoms with E-state index in [0.29, 0.717) is 12.1 Å². The van der Waals surface area contributed by atoms with Crippen molar-refractivity contribution in [2.75, 3.05) is 0 Å². The summed E-state index contributed by atoms with van der Waals surface area (Å²) in [5, 5.41) is 7.54. The van der Waals surface area contributed by atoms with Crippen molar-refractivity contribution in [2.24, 2.45) is 0 Å². The van der Waals surface area contributed by atoms with Gasteiger partial charge < -0.3 is 0 Å². The lowest BCUT2D eigenvalue weighted by atomic mass is 10.3. The molecule has 2 N–H and O–H groups in total. The minimum atomic E-state index is -4.83. The molecule has 0 saturated carbocycles. The zero-order chi connectivity index (χ0) is 13.4. The minimum Gasteiger partial charge on any atom is -0.282 e. The van der Waals surface area contributed by atoms with Crippen LogP contribution in [0.2, 0.25) is 5.02 Å². The third-order valence-electron chi connectivity index (χ3n) is 1.66. The smallest absolute Gasteiger partial charge is 0.282 e. The first-order valence-electron chi connectivity index (χ1n) is 3.71. The van der Waals surface area contributed by atoms with E-state index >= 15 is 0 Å². The van der Waals surface area contributed by atoms with Crippen molar-refractivity contribution in [3.05, 3.63) is 22.1 Å². The van der Waals surface area contributed by atoms with Gasteiger partial charge in [0.05, 0.1) is 17.2 Å². The van der Waals surface area contributed by atoms with Crippen molar-refractivity contribution in [3.8, 4) is 0 Å². The van der Waals surface area contributed by atoms with Gasteiger partial charge in [-0.2, -0.15) is 16.8 Å². The summed E-state index contributed by atoms with van der Waals surface area (Å²) in [6, 6.07) is 1.26. The van der Waals surface area contributed by atoms with E-state index in [1.54, 1.807) is 0 Å². The summed E-state index contributed by atoms with van der Waals surface area (Å²) in [7, 11) is -9.65. The lowest BCUT2D eigenvalue weighted by molar-refractivity contribution is 0.481. The molecule has 0 saturated heterocycles. The largest absolute Gasteiger partial charge is 0.387 e. The average Bonchev–Trinajstić information content (AvgIpc) is 2.14. The number of nitrogens with zero attached hydrogens (tertiary/aromatic N) is 2. The molecule has 0 aliphatic heterocycles. The van der Waals surface area contributed by atoms with Gasteiger partial charge in [-0.25, -0.2) is 0 Å². The Morgan fingerprint density at radius 1 is 1.06 bits per heavy atom. The molecule has 0 spiro atoms. The molecule has 17 heavy (non-hydrogen) atoms. The molecule has 1 aromatic rings. The van der Waals surface area contributed by atoms with Gasteiger partial charge in [0.2, 0.25) is 5.39 Å². The molecule has 0 aliphatic rings. The summed E-state index contributed by atoms with van der Waals surface area (Å²) in [6.07, 6.45) is 0. The van der Waals surface area contributed by atoms with E-state index in [0.717, 1.165) is 0 Å². The Hall–Kier alpha value is -1.25. The van der Waals surface area contributed by atoms with Gasteiger partial charge in [-0.05, 0) is 0 Å². The van der Waals surface area contributed by atoms with Crippen LogP contribution in [-0.4, -0.2) is 25.9 Å². The Morgan fingerprint density at radius 3 is 1.65 bits per heavy atom. The zero-order valence-corrected chi connectivity index (χ0v) is 10.2. The Balaban J connectivity index is 3.86. The molecular weight excluding hydrogens is 296 g/mol. The lowest BCUT2D eigenvalue weighted by Crippen LogP contribution is -2.05. The van der Waals surface area contributed by atoms with E-state index in [9.17, 15) is 16.8 Å². The van der Waals surface area contributed by atoms with Crippen LogP contribution in [0.25, 0.3) is 4.98 Å². The lowest BCUT2D eigenvalue weighted by Gasteiger charge is -2.02. The maximum atomic E-state index is 10.9. The van der Waals surface area contributed by atoms with Gasteiger partial charge in [0.15, 0.2) is 4.98 Å². The minimum absolute atomic E-state index is 0.519. The van der Waals surface area contributed by atoms with Gasteiger partial charge in [-0.1, -0.05) is 11.6 Å². The second-order valence-corrected chi connectivity index (χ2v) is 5.96. The van der Waals surface area contributed by atoms with Crippen molar-refractivity contribution < 1.29 is 25.9 Å². The highest BCUT2D eigenvalue weighted by Gasteiger charge is 2.28. The quantitative estimate of drug-likeness (QED) is 0.620. The van der Waals surface area contributed by atoms with Crippen molar-refractivity contribution in [2.45, 2.75) is 9.79 Å². The van der Waals surface area contributed by atoms with Crippen LogP contribution >= 0.6 is 11.6 Å². The first kappa shape index (κ1) is 13.8. The van der Waals surface area contributed by atoms with Gasteiger partial charge in [0.1, 0.15) is 9.79 Å². The third kappa shape index (κ3) is 2.90. The summed E-state index contributed by atoms with van der Waals surface area (Å²) in [5.41, 5.74) is -0.519. The standard InChI is InChI=1S/C6H3ClN2O6S2/c7-6-4(16(10,11)12)1-3(9-8)2-5(6)17(13,14)15/h1-2H,(H-,10,11,12,13,14,15)/p+1. The average molecular weight is 300 g/mol. The van der Waals surface area contributed by atoms with E-state index in [2.05, 4.69) is 4.98 Å². The molecule has 8 nitrogen and oxygen atoms in total. The Bertz CT molecular complexity index is 664. The second kappa shape index (κ2) is 4.21. The molecule has 1 aromatic carbocycles. The maximum Gasteiger partial charge on any atom is 0.387 e. The van der Waals surface area contributed by atoms with Crippen molar-refractivity contribution in [3.63, 3.8) is 0 Å². The number of rotatable bonds is 2. The van der Waals surface area contributed by atoms with E-state index < -0.39 is 40.7 Å². The fourth-order valence-electron chi connectivity index (χ4n) is 0.992. The summed E-state index contributed by atoms with van der Waals surface area (Å²) < 4.78 is 61.0. The van der Waals surface area contributed by atoms with Gasteiger partial charge in [-0.15, -0.1) is 0 Å². The van der Waals surface area contributed by atoms with Crippen LogP contribution in [0.1, 0.15) is 0 Å². The summed E-state index contributed by atoms with van der Waals surface area (Å²) in [6.45, 7) is 0. The SMILES string of the molecule is N#[N+]c1cc(S(=O)(=O)O)c(Cl)c(S(=O)(=O)O)c1. The number of halogens is 1. The van der Waals surface area contributed by atoms with Crippen molar-refractivity contribution >= 4 is 37.5 Å². The van der Waals surface area contributed by atoms with Gasteiger partial charge >= 0.3 is 5.69 Å². The zero-order valence-electron chi connectivity index (χ0n) is 7.77. The van der Waals surface area contributed by atoms with Gasteiger partial charge in [0, 0.05) is 0 Å². The molecule has 0 unspecified atom stereocenters. The number of hydrogen-bond acceptors (Lipinski definition) is 5. The van der Waals surface area contributed by atoms with Gasteiger partial charge in [-0.3, -0.25) is 9.11 Å². The number of benzene rings is 1. The molecule has 0 amide bonds. The van der Waals surface area contributed by atoms with E-state index in [1.807, 2.05) is 0 Å². The predicted molar refractivity (Wildman–Crippen MR) is 55.8 cm³/mol. The molecule has 0 bridgehead atoms. The first-order chi connectivity index (χ1) is 7.57. The topological polar surface area (TPSA) is 137 Å². The predicted octanol–water partition coefficient (Wildman–Crippen LogP) is 1.32. The van der Waals surface area contributed by atoms with Crippen LogP contribution in [0.15, 0.2) is 21.9 Å². The molecule has 0 aromatic heterocycles. The van der Waals surface area contributed by atoms with Gasteiger partial charge in [0.25, 0.3) is 20.2 Å². The Kier molecular flexibility index (Phi) is 3.42. The summed E-state index contributed by atoms with van der Waals surface area (Å²) in [5.74, 6) is 0. The first-order valence-corrected chi connectivity index (χ1v) is 6.97. The van der Waals surface area contributed by atoms with Crippen LogP contribution in [0.5, 0.6) is 0 Å². The third-order valence-corrected chi connectivity index (χ3v) is 4.05. The van der Waals surface area contributed by atoms with Crippen molar-refractivity contribution in [1.29, 1.82) is 5.39 Å². The van der Waals surface area contributed by atoms with E-state index in [1.165, 1.54) is 0 Å². The van der Waals surface area contributed by atoms with Crippen molar-refractivity contribution in [1.82, 2.24) is 0 Å². The molecule has 0 aliphatic carbocycles. The highest BCUT2D eigenvalue weighted by Crippen LogP contribution is 2.33. The van der Waals surface area contributed by atoms with Crippen LogP contribution in [0, 0.1) is 5.39 Å². The highest BCUT2D eigenvalue weighted by molar-refractivity contribution is 7.87. The van der Waals surface area contributed by atoms with E-state index in [4.69, 9.17) is 26.1 Å². The van der Waals surface area contributed by atoms with Crippen LogP contribution in [0.4, 0.5) is 5.69 Å². The van der Waals surface area contributed by atoms with E-state index in [-0.39, 0.29) is 0 Å². The molecule has 0 atom stereocenters. The monoisotopic (exact) mass is 299 g/mol. The molecular formula is C6H4ClN2O6S2+. The van der Waals surface area contributed by atoms with Crippen LogP contribution in [-0.2, 0) is 20.2 Å². The number of diazo groups is 1. The fraction of sp³-hybridized carbons (Fsp3) is 0. The maximum absolute atomic E-state index is 10.9.